The predicted octanol–water partition coefficient (Wildman–Crippen LogP) is 3.19. The van der Waals surface area contributed by atoms with Gasteiger partial charge in [-0.05, 0) is 25.1 Å². The monoisotopic (exact) mass is 316 g/mol. The zero-order valence-electron chi connectivity index (χ0n) is 11.5. The van der Waals surface area contributed by atoms with E-state index in [1.165, 1.54) is 19.1 Å². The van der Waals surface area contributed by atoms with E-state index in [0.717, 1.165) is 12.1 Å². The number of ether oxygens (including phenoxy) is 2. The van der Waals surface area contributed by atoms with Crippen molar-refractivity contribution in [3.63, 3.8) is 0 Å². The van der Waals surface area contributed by atoms with E-state index in [1.807, 2.05) is 0 Å². The standard InChI is InChI=1S/C13H11F3N2O4/c1-7(11-18-17-8(2)21-11)20-12(19)9-4-3-5-10(6-9)22-13(14,15)16/h3-7H,1-2H3. The minimum atomic E-state index is -4.84. The van der Waals surface area contributed by atoms with Crippen LogP contribution in [0.5, 0.6) is 5.75 Å². The second kappa shape index (κ2) is 6.04. The largest absolute Gasteiger partial charge is 0.573 e. The molecule has 0 aliphatic carbocycles. The number of aromatic nitrogens is 2. The van der Waals surface area contributed by atoms with Crippen molar-refractivity contribution in [3.8, 4) is 5.75 Å². The van der Waals surface area contributed by atoms with Crippen molar-refractivity contribution >= 4 is 5.97 Å². The Bertz CT molecular complexity index is 669. The summed E-state index contributed by atoms with van der Waals surface area (Å²) in [6.07, 6.45) is -5.67. The van der Waals surface area contributed by atoms with Crippen molar-refractivity contribution in [1.29, 1.82) is 0 Å². The van der Waals surface area contributed by atoms with Gasteiger partial charge in [-0.15, -0.1) is 23.4 Å². The Morgan fingerprint density at radius 2 is 2.05 bits per heavy atom. The fourth-order valence-corrected chi connectivity index (χ4v) is 1.58. The first-order valence-electron chi connectivity index (χ1n) is 6.11. The second-order valence-corrected chi connectivity index (χ2v) is 4.28. The minimum absolute atomic E-state index is 0.0912. The Balaban J connectivity index is 2.08. The third-order valence-corrected chi connectivity index (χ3v) is 2.48. The third-order valence-electron chi connectivity index (χ3n) is 2.48. The Hall–Kier alpha value is -2.58. The van der Waals surface area contributed by atoms with E-state index in [2.05, 4.69) is 14.9 Å². The molecule has 9 heteroatoms. The van der Waals surface area contributed by atoms with E-state index in [0.29, 0.717) is 5.89 Å². The van der Waals surface area contributed by atoms with Crippen LogP contribution in [0.3, 0.4) is 0 Å². The van der Waals surface area contributed by atoms with Gasteiger partial charge in [0.05, 0.1) is 5.56 Å². The summed E-state index contributed by atoms with van der Waals surface area (Å²) >= 11 is 0. The summed E-state index contributed by atoms with van der Waals surface area (Å²) in [5.74, 6) is -0.953. The zero-order valence-corrected chi connectivity index (χ0v) is 11.5. The van der Waals surface area contributed by atoms with Crippen LogP contribution in [-0.4, -0.2) is 22.5 Å². The molecule has 0 bridgehead atoms. The van der Waals surface area contributed by atoms with Gasteiger partial charge in [-0.25, -0.2) is 4.79 Å². The van der Waals surface area contributed by atoms with Crippen molar-refractivity contribution in [2.45, 2.75) is 26.3 Å². The van der Waals surface area contributed by atoms with Gasteiger partial charge < -0.3 is 13.9 Å². The average Bonchev–Trinajstić information content (AvgIpc) is 2.84. The number of esters is 1. The number of benzene rings is 1. The lowest BCUT2D eigenvalue weighted by Gasteiger charge is -2.11. The molecule has 2 rings (SSSR count). The van der Waals surface area contributed by atoms with E-state index in [9.17, 15) is 18.0 Å². The molecular formula is C13H11F3N2O4. The van der Waals surface area contributed by atoms with Crippen LogP contribution < -0.4 is 4.74 Å². The summed E-state index contributed by atoms with van der Waals surface area (Å²) in [4.78, 5) is 11.9. The Morgan fingerprint density at radius 3 is 2.64 bits per heavy atom. The number of alkyl halides is 3. The Labute approximate surface area is 122 Å². The molecule has 0 radical (unpaired) electrons. The molecule has 118 valence electrons. The van der Waals surface area contributed by atoms with Crippen LogP contribution >= 0.6 is 0 Å². The van der Waals surface area contributed by atoms with Crippen molar-refractivity contribution < 1.29 is 31.9 Å². The van der Waals surface area contributed by atoms with E-state index >= 15 is 0 Å². The predicted molar refractivity (Wildman–Crippen MR) is 66.0 cm³/mol. The number of halogens is 3. The summed E-state index contributed by atoms with van der Waals surface area (Å²) in [5, 5.41) is 7.28. The van der Waals surface area contributed by atoms with E-state index in [1.54, 1.807) is 6.92 Å². The Kier molecular flexibility index (Phi) is 4.34. The molecule has 22 heavy (non-hydrogen) atoms. The van der Waals surface area contributed by atoms with Gasteiger partial charge in [0.25, 0.3) is 5.89 Å². The van der Waals surface area contributed by atoms with Gasteiger partial charge in [0.2, 0.25) is 5.89 Å². The SMILES string of the molecule is Cc1nnc(C(C)OC(=O)c2cccc(OC(F)(F)F)c2)o1. The van der Waals surface area contributed by atoms with Crippen molar-refractivity contribution in [3.05, 3.63) is 41.6 Å². The van der Waals surface area contributed by atoms with Gasteiger partial charge in [-0.3, -0.25) is 0 Å². The zero-order chi connectivity index (χ0) is 16.3. The highest BCUT2D eigenvalue weighted by atomic mass is 19.4. The molecule has 1 unspecified atom stereocenters. The molecule has 1 atom stereocenters. The molecule has 1 aromatic carbocycles. The number of aryl methyl sites for hydroxylation is 1. The quantitative estimate of drug-likeness (QED) is 0.806. The number of carbonyl (C=O) groups excluding carboxylic acids is 1. The maximum Gasteiger partial charge on any atom is 0.573 e. The van der Waals surface area contributed by atoms with E-state index in [4.69, 9.17) is 9.15 Å². The van der Waals surface area contributed by atoms with Crippen LogP contribution in [-0.2, 0) is 4.74 Å². The molecule has 0 saturated heterocycles. The maximum atomic E-state index is 12.1. The third kappa shape index (κ3) is 4.21. The minimum Gasteiger partial charge on any atom is -0.449 e. The molecule has 0 spiro atoms. The van der Waals surface area contributed by atoms with Crippen LogP contribution in [0.4, 0.5) is 13.2 Å². The van der Waals surface area contributed by atoms with Gasteiger partial charge in [0.15, 0.2) is 6.10 Å². The van der Waals surface area contributed by atoms with Crippen LogP contribution in [0.15, 0.2) is 28.7 Å². The topological polar surface area (TPSA) is 74.5 Å². The summed E-state index contributed by atoms with van der Waals surface area (Å²) in [7, 11) is 0. The second-order valence-electron chi connectivity index (χ2n) is 4.28. The molecular weight excluding hydrogens is 305 g/mol. The molecule has 0 aliphatic rings. The van der Waals surface area contributed by atoms with E-state index in [-0.39, 0.29) is 11.5 Å². The number of carbonyl (C=O) groups is 1. The fraction of sp³-hybridized carbons (Fsp3) is 0.308. The van der Waals surface area contributed by atoms with Crippen LogP contribution in [0, 0.1) is 6.92 Å². The maximum absolute atomic E-state index is 12.1. The summed E-state index contributed by atoms with van der Waals surface area (Å²) in [6.45, 7) is 3.07. The molecule has 0 saturated carbocycles. The van der Waals surface area contributed by atoms with Gasteiger partial charge in [-0.2, -0.15) is 0 Å². The normalized spacial score (nSPS) is 12.8. The molecule has 0 N–H and O–H groups in total. The molecule has 0 aliphatic heterocycles. The summed E-state index contributed by atoms with van der Waals surface area (Å²) in [5.41, 5.74) is -0.0927. The van der Waals surface area contributed by atoms with Crippen LogP contribution in [0.1, 0.15) is 35.2 Å². The summed E-state index contributed by atoms with van der Waals surface area (Å²) < 4.78 is 50.3. The van der Waals surface area contributed by atoms with Gasteiger partial charge in [0.1, 0.15) is 5.75 Å². The lowest BCUT2D eigenvalue weighted by Crippen LogP contribution is -2.17. The van der Waals surface area contributed by atoms with Gasteiger partial charge >= 0.3 is 12.3 Å². The van der Waals surface area contributed by atoms with Crippen LogP contribution in [0.25, 0.3) is 0 Å². The molecule has 2 aromatic rings. The first-order valence-corrected chi connectivity index (χ1v) is 6.11. The highest BCUT2D eigenvalue weighted by Crippen LogP contribution is 2.24. The van der Waals surface area contributed by atoms with Gasteiger partial charge in [-0.1, -0.05) is 6.07 Å². The first kappa shape index (κ1) is 15.8. The van der Waals surface area contributed by atoms with Crippen molar-refractivity contribution in [2.24, 2.45) is 0 Å². The Morgan fingerprint density at radius 1 is 1.32 bits per heavy atom. The average molecular weight is 316 g/mol. The molecule has 1 aromatic heterocycles. The fourth-order valence-electron chi connectivity index (χ4n) is 1.58. The summed E-state index contributed by atoms with van der Waals surface area (Å²) in [6, 6.07) is 4.56. The molecule has 0 amide bonds. The van der Waals surface area contributed by atoms with E-state index < -0.39 is 24.2 Å². The van der Waals surface area contributed by atoms with Crippen molar-refractivity contribution in [1.82, 2.24) is 10.2 Å². The van der Waals surface area contributed by atoms with Gasteiger partial charge in [0, 0.05) is 6.92 Å². The number of nitrogens with zero attached hydrogens (tertiary/aromatic N) is 2. The molecule has 6 nitrogen and oxygen atoms in total. The lowest BCUT2D eigenvalue weighted by molar-refractivity contribution is -0.274. The number of hydrogen-bond acceptors (Lipinski definition) is 6. The highest BCUT2D eigenvalue weighted by Gasteiger charge is 2.31. The lowest BCUT2D eigenvalue weighted by atomic mass is 10.2. The molecule has 1 heterocycles. The number of rotatable bonds is 4. The van der Waals surface area contributed by atoms with Crippen LogP contribution in [0.2, 0.25) is 0 Å². The van der Waals surface area contributed by atoms with Crippen molar-refractivity contribution in [2.75, 3.05) is 0 Å². The first-order chi connectivity index (χ1) is 10.2. The number of hydrogen-bond donors (Lipinski definition) is 0. The molecule has 0 fully saturated rings. The highest BCUT2D eigenvalue weighted by molar-refractivity contribution is 5.89. The smallest absolute Gasteiger partial charge is 0.449 e.